The van der Waals surface area contributed by atoms with Gasteiger partial charge in [-0.3, -0.25) is 0 Å². The van der Waals surface area contributed by atoms with Crippen LogP contribution in [-0.4, -0.2) is 4.98 Å². The average molecular weight is 253 g/mol. The first-order chi connectivity index (χ1) is 8.47. The lowest BCUT2D eigenvalue weighted by atomic mass is 10.2. The summed E-state index contributed by atoms with van der Waals surface area (Å²) >= 11 is 0. The minimum Gasteiger partial charge on any atom is -0.396 e. The van der Waals surface area contributed by atoms with Gasteiger partial charge in [0, 0.05) is 5.69 Å². The lowest BCUT2D eigenvalue weighted by Gasteiger charge is -2.12. The number of hydrogen-bond donors (Lipinski definition) is 2. The van der Waals surface area contributed by atoms with Crippen LogP contribution in [0, 0.1) is 0 Å². The molecule has 0 aliphatic rings. The second kappa shape index (κ2) is 4.56. The number of nitrogens with zero attached hydrogens (tertiary/aromatic N) is 1. The summed E-state index contributed by atoms with van der Waals surface area (Å²) in [5.74, 6) is 0. The number of nitrogens with one attached hydrogen (secondary N) is 1. The minimum atomic E-state index is -4.49. The molecule has 2 aromatic rings. The summed E-state index contributed by atoms with van der Waals surface area (Å²) in [5, 5.41) is 2.82. The molecule has 0 amide bonds. The van der Waals surface area contributed by atoms with Gasteiger partial charge in [-0.25, -0.2) is 4.98 Å². The number of anilines is 3. The van der Waals surface area contributed by atoms with Crippen LogP contribution in [-0.2, 0) is 6.18 Å². The zero-order valence-electron chi connectivity index (χ0n) is 9.20. The lowest BCUT2D eigenvalue weighted by molar-refractivity contribution is -0.141. The van der Waals surface area contributed by atoms with E-state index < -0.39 is 11.9 Å². The van der Waals surface area contributed by atoms with Crippen LogP contribution in [0.4, 0.5) is 30.2 Å². The molecule has 0 spiro atoms. The Kier molecular flexibility index (Phi) is 3.10. The Morgan fingerprint density at radius 2 is 1.78 bits per heavy atom. The van der Waals surface area contributed by atoms with Gasteiger partial charge >= 0.3 is 6.18 Å². The summed E-state index contributed by atoms with van der Waals surface area (Å²) in [4.78, 5) is 3.26. The topological polar surface area (TPSA) is 50.9 Å². The number of alkyl halides is 3. The third-order valence-electron chi connectivity index (χ3n) is 2.28. The second-order valence-corrected chi connectivity index (χ2v) is 3.65. The molecule has 3 nitrogen and oxygen atoms in total. The molecular weight excluding hydrogens is 243 g/mol. The Bertz CT molecular complexity index is 538. The summed E-state index contributed by atoms with van der Waals surface area (Å²) in [6, 6.07) is 9.69. The number of nitrogens with two attached hydrogens (primary N) is 1. The van der Waals surface area contributed by atoms with E-state index in [0.717, 1.165) is 12.3 Å². The van der Waals surface area contributed by atoms with E-state index in [0.29, 0.717) is 5.69 Å². The molecule has 1 aromatic heterocycles. The molecule has 0 saturated carbocycles. The standard InChI is InChI=1S/C12H10F3N3/c13-12(14,15)11-6-10(9(16)7-17-11)18-8-4-2-1-3-5-8/h1-7H,16H2,(H,17,18). The smallest absolute Gasteiger partial charge is 0.396 e. The summed E-state index contributed by atoms with van der Waals surface area (Å²) in [6.45, 7) is 0. The fourth-order valence-corrected chi connectivity index (χ4v) is 1.41. The zero-order chi connectivity index (χ0) is 13.2. The zero-order valence-corrected chi connectivity index (χ0v) is 9.20. The number of rotatable bonds is 2. The van der Waals surface area contributed by atoms with Crippen LogP contribution in [0.2, 0.25) is 0 Å². The molecule has 0 aliphatic heterocycles. The highest BCUT2D eigenvalue weighted by atomic mass is 19.4. The number of pyridine rings is 1. The van der Waals surface area contributed by atoms with Crippen molar-refractivity contribution in [3.8, 4) is 0 Å². The molecule has 2 rings (SSSR count). The van der Waals surface area contributed by atoms with Crippen LogP contribution in [0.15, 0.2) is 42.6 Å². The molecule has 1 heterocycles. The van der Waals surface area contributed by atoms with Crippen molar-refractivity contribution in [3.05, 3.63) is 48.3 Å². The van der Waals surface area contributed by atoms with E-state index >= 15 is 0 Å². The number of halogens is 3. The molecule has 0 bridgehead atoms. The van der Waals surface area contributed by atoms with Gasteiger partial charge in [0.2, 0.25) is 0 Å². The van der Waals surface area contributed by atoms with Crippen molar-refractivity contribution >= 4 is 17.1 Å². The average Bonchev–Trinajstić information content (AvgIpc) is 2.32. The van der Waals surface area contributed by atoms with Crippen LogP contribution in [0.1, 0.15) is 5.69 Å². The summed E-state index contributed by atoms with van der Waals surface area (Å²) in [6.07, 6.45) is -3.49. The van der Waals surface area contributed by atoms with Gasteiger partial charge < -0.3 is 11.1 Å². The Morgan fingerprint density at radius 1 is 1.11 bits per heavy atom. The molecule has 0 fully saturated rings. The largest absolute Gasteiger partial charge is 0.433 e. The van der Waals surface area contributed by atoms with Crippen molar-refractivity contribution in [3.63, 3.8) is 0 Å². The SMILES string of the molecule is Nc1cnc(C(F)(F)F)cc1Nc1ccccc1. The number of nitrogen functional groups attached to an aromatic ring is 1. The fraction of sp³-hybridized carbons (Fsp3) is 0.0833. The van der Waals surface area contributed by atoms with Crippen LogP contribution in [0.5, 0.6) is 0 Å². The molecule has 0 unspecified atom stereocenters. The second-order valence-electron chi connectivity index (χ2n) is 3.65. The van der Waals surface area contributed by atoms with Crippen LogP contribution >= 0.6 is 0 Å². The van der Waals surface area contributed by atoms with E-state index in [1.165, 1.54) is 0 Å². The van der Waals surface area contributed by atoms with Gasteiger partial charge in [-0.1, -0.05) is 18.2 Å². The Balaban J connectivity index is 2.33. The van der Waals surface area contributed by atoms with Crippen molar-refractivity contribution < 1.29 is 13.2 Å². The molecule has 1 aromatic carbocycles. The Hall–Kier alpha value is -2.24. The first kappa shape index (κ1) is 12.2. The quantitative estimate of drug-likeness (QED) is 0.862. The number of benzene rings is 1. The monoisotopic (exact) mass is 253 g/mol. The highest BCUT2D eigenvalue weighted by Crippen LogP contribution is 2.32. The van der Waals surface area contributed by atoms with E-state index in [-0.39, 0.29) is 11.4 Å². The Morgan fingerprint density at radius 3 is 2.39 bits per heavy atom. The van der Waals surface area contributed by atoms with Gasteiger partial charge in [0.25, 0.3) is 0 Å². The first-order valence-corrected chi connectivity index (χ1v) is 5.11. The molecule has 0 radical (unpaired) electrons. The Labute approximate surface area is 101 Å². The summed E-state index contributed by atoms with van der Waals surface area (Å²) < 4.78 is 37.5. The third kappa shape index (κ3) is 2.71. The number of para-hydroxylation sites is 1. The van der Waals surface area contributed by atoms with E-state index in [2.05, 4.69) is 10.3 Å². The molecule has 0 aliphatic carbocycles. The van der Waals surface area contributed by atoms with Crippen LogP contribution < -0.4 is 11.1 Å². The minimum absolute atomic E-state index is 0.159. The molecule has 18 heavy (non-hydrogen) atoms. The van der Waals surface area contributed by atoms with E-state index in [1.807, 2.05) is 6.07 Å². The normalized spacial score (nSPS) is 11.3. The molecule has 0 saturated heterocycles. The molecular formula is C12H10F3N3. The van der Waals surface area contributed by atoms with Crippen molar-refractivity contribution in [1.29, 1.82) is 0 Å². The van der Waals surface area contributed by atoms with Gasteiger partial charge in [0.15, 0.2) is 0 Å². The highest BCUT2D eigenvalue weighted by molar-refractivity contribution is 5.72. The maximum Gasteiger partial charge on any atom is 0.433 e. The van der Waals surface area contributed by atoms with Crippen molar-refractivity contribution in [2.45, 2.75) is 6.18 Å². The number of aromatic nitrogens is 1. The third-order valence-corrected chi connectivity index (χ3v) is 2.28. The van der Waals surface area contributed by atoms with Crippen molar-refractivity contribution in [2.75, 3.05) is 11.1 Å². The van der Waals surface area contributed by atoms with E-state index in [4.69, 9.17) is 5.73 Å². The predicted molar refractivity (Wildman–Crippen MR) is 63.4 cm³/mol. The fourth-order valence-electron chi connectivity index (χ4n) is 1.41. The van der Waals surface area contributed by atoms with Gasteiger partial charge in [-0.2, -0.15) is 13.2 Å². The maximum atomic E-state index is 12.5. The van der Waals surface area contributed by atoms with Gasteiger partial charge in [-0.05, 0) is 18.2 Å². The van der Waals surface area contributed by atoms with Crippen LogP contribution in [0.25, 0.3) is 0 Å². The molecule has 0 atom stereocenters. The first-order valence-electron chi connectivity index (χ1n) is 5.11. The van der Waals surface area contributed by atoms with Crippen LogP contribution in [0.3, 0.4) is 0 Å². The van der Waals surface area contributed by atoms with E-state index in [9.17, 15) is 13.2 Å². The van der Waals surface area contributed by atoms with Crippen molar-refractivity contribution in [1.82, 2.24) is 4.98 Å². The highest BCUT2D eigenvalue weighted by Gasteiger charge is 2.32. The van der Waals surface area contributed by atoms with E-state index in [1.54, 1.807) is 24.3 Å². The van der Waals surface area contributed by atoms with Gasteiger partial charge in [0.05, 0.1) is 17.6 Å². The summed E-state index contributed by atoms with van der Waals surface area (Å²) in [7, 11) is 0. The lowest BCUT2D eigenvalue weighted by Crippen LogP contribution is -2.09. The van der Waals surface area contributed by atoms with Gasteiger partial charge in [-0.15, -0.1) is 0 Å². The molecule has 3 N–H and O–H groups in total. The molecule has 6 heteroatoms. The molecule has 94 valence electrons. The predicted octanol–water partition coefficient (Wildman–Crippen LogP) is 3.43. The van der Waals surface area contributed by atoms with Crippen molar-refractivity contribution in [2.24, 2.45) is 0 Å². The summed E-state index contributed by atoms with van der Waals surface area (Å²) in [5.41, 5.74) is 5.61. The number of hydrogen-bond acceptors (Lipinski definition) is 3. The van der Waals surface area contributed by atoms with Gasteiger partial charge in [0.1, 0.15) is 5.69 Å². The maximum absolute atomic E-state index is 12.5.